The molecule has 2 unspecified atom stereocenters. The summed E-state index contributed by atoms with van der Waals surface area (Å²) in [6.45, 7) is 2.76. The van der Waals surface area contributed by atoms with Crippen LogP contribution in [0.4, 0.5) is 0 Å². The van der Waals surface area contributed by atoms with Crippen LogP contribution in [0.1, 0.15) is 30.9 Å². The minimum atomic E-state index is -1.41. The second kappa shape index (κ2) is 12.8. The fourth-order valence-electron chi connectivity index (χ4n) is 3.23. The van der Waals surface area contributed by atoms with Gasteiger partial charge in [0, 0.05) is 13.1 Å². The molecule has 2 atom stereocenters. The van der Waals surface area contributed by atoms with Crippen molar-refractivity contribution in [2.75, 3.05) is 13.1 Å². The maximum Gasteiger partial charge on any atom is 0.254 e. The number of hydrogen-bond acceptors (Lipinski definition) is 4. The lowest BCUT2D eigenvalue weighted by atomic mass is 10.1. The van der Waals surface area contributed by atoms with Crippen LogP contribution in [0, 0.1) is 0 Å². The first-order valence-electron chi connectivity index (χ1n) is 10.6. The van der Waals surface area contributed by atoms with Crippen LogP contribution in [0.25, 0.3) is 0 Å². The molecule has 0 aliphatic carbocycles. The van der Waals surface area contributed by atoms with E-state index in [1.165, 1.54) is 0 Å². The smallest absolute Gasteiger partial charge is 0.254 e. The molecule has 7 heteroatoms. The van der Waals surface area contributed by atoms with Gasteiger partial charge in [-0.05, 0) is 30.4 Å². The molecule has 3 N–H and O–H groups in total. The molecule has 0 fully saturated rings. The Labute approximate surface area is 189 Å². The summed E-state index contributed by atoms with van der Waals surface area (Å²) in [5.74, 6) is -1.84. The Kier molecular flexibility index (Phi) is 10.1. The van der Waals surface area contributed by atoms with Gasteiger partial charge < -0.3 is 16.0 Å². The molecule has 6 nitrogen and oxygen atoms in total. The minimum absolute atomic E-state index is 0.411. The molecule has 2 aromatic rings. The van der Waals surface area contributed by atoms with Gasteiger partial charge in [0.15, 0.2) is 6.04 Å². The van der Waals surface area contributed by atoms with Crippen molar-refractivity contribution in [2.45, 2.75) is 43.9 Å². The molecule has 0 aliphatic rings. The molecule has 0 saturated heterocycles. The molecule has 0 aliphatic heterocycles. The zero-order valence-electron chi connectivity index (χ0n) is 17.9. The van der Waals surface area contributed by atoms with Gasteiger partial charge >= 0.3 is 0 Å². The fraction of sp³-hybridized carbons (Fsp3) is 0.375. The normalized spacial score (nSPS) is 12.6. The second-order valence-electron chi connectivity index (χ2n) is 7.44. The molecule has 2 rings (SSSR count). The van der Waals surface area contributed by atoms with E-state index in [4.69, 9.17) is 5.73 Å². The van der Waals surface area contributed by atoms with Gasteiger partial charge in [-0.1, -0.05) is 74.0 Å². The molecular weight excluding hydrogens is 410 g/mol. The lowest BCUT2D eigenvalue weighted by Gasteiger charge is -2.27. The third kappa shape index (κ3) is 8.09. The summed E-state index contributed by atoms with van der Waals surface area (Å²) in [7, 11) is 0. The fourth-order valence-corrected chi connectivity index (χ4v) is 3.56. The van der Waals surface area contributed by atoms with Crippen molar-refractivity contribution in [1.82, 2.24) is 10.2 Å². The monoisotopic (exact) mass is 441 g/mol. The molecule has 31 heavy (non-hydrogen) atoms. The van der Waals surface area contributed by atoms with E-state index in [0.29, 0.717) is 32.4 Å². The van der Waals surface area contributed by atoms with Gasteiger partial charge in [-0.25, -0.2) is 0 Å². The van der Waals surface area contributed by atoms with Crippen molar-refractivity contribution < 1.29 is 14.4 Å². The number of nitrogens with zero attached hydrogens (tertiary/aromatic N) is 1. The van der Waals surface area contributed by atoms with Gasteiger partial charge in [0.1, 0.15) is 0 Å². The summed E-state index contributed by atoms with van der Waals surface area (Å²) < 4.78 is 0. The summed E-state index contributed by atoms with van der Waals surface area (Å²) in [5.41, 5.74) is 7.65. The van der Waals surface area contributed by atoms with Crippen LogP contribution in [0.15, 0.2) is 60.7 Å². The number of nitrogens with one attached hydrogen (secondary N) is 1. The topological polar surface area (TPSA) is 92.5 Å². The third-order valence-corrected chi connectivity index (χ3v) is 5.51. The number of hydrogen-bond donors (Lipinski definition) is 3. The van der Waals surface area contributed by atoms with E-state index >= 15 is 0 Å². The van der Waals surface area contributed by atoms with E-state index in [0.717, 1.165) is 17.5 Å². The van der Waals surface area contributed by atoms with Gasteiger partial charge in [0.2, 0.25) is 11.8 Å². The van der Waals surface area contributed by atoms with E-state index in [-0.39, 0.29) is 0 Å². The van der Waals surface area contributed by atoms with Crippen molar-refractivity contribution in [1.29, 1.82) is 0 Å². The summed E-state index contributed by atoms with van der Waals surface area (Å²) in [4.78, 5) is 39.2. The standard InChI is InChI=1S/C24H31N3O3S/c1-2-9-20(31)23(29)26-21(22(25)28)24(30)27(16-14-18-10-5-3-6-11-18)17-15-19-12-7-4-8-13-19/h3-8,10-13,20-21,31H,2,9,14-17H2,1H3,(H2,25,28)(H,26,29). The Morgan fingerprint density at radius 2 is 1.42 bits per heavy atom. The first-order valence-corrected chi connectivity index (χ1v) is 11.1. The van der Waals surface area contributed by atoms with Crippen LogP contribution in [0.2, 0.25) is 0 Å². The predicted molar refractivity (Wildman–Crippen MR) is 126 cm³/mol. The summed E-state index contributed by atoms with van der Waals surface area (Å²) in [5, 5.41) is 1.90. The number of nitrogens with two attached hydrogens (primary N) is 1. The summed E-state index contributed by atoms with van der Waals surface area (Å²) >= 11 is 4.26. The molecule has 2 aromatic carbocycles. The van der Waals surface area contributed by atoms with Gasteiger partial charge in [0.25, 0.3) is 5.91 Å². The average molecular weight is 442 g/mol. The van der Waals surface area contributed by atoms with Gasteiger partial charge in [-0.2, -0.15) is 12.6 Å². The average Bonchev–Trinajstić information content (AvgIpc) is 2.78. The van der Waals surface area contributed by atoms with Crippen molar-refractivity contribution >= 4 is 30.4 Å². The Morgan fingerprint density at radius 1 is 0.935 bits per heavy atom. The van der Waals surface area contributed by atoms with Crippen molar-refractivity contribution in [3.8, 4) is 0 Å². The lowest BCUT2D eigenvalue weighted by Crippen LogP contribution is -2.56. The van der Waals surface area contributed by atoms with E-state index in [1.807, 2.05) is 67.6 Å². The molecule has 0 spiro atoms. The molecule has 0 radical (unpaired) electrons. The van der Waals surface area contributed by atoms with E-state index in [1.54, 1.807) is 4.90 Å². The number of amides is 3. The largest absolute Gasteiger partial charge is 0.367 e. The van der Waals surface area contributed by atoms with Crippen LogP contribution in [-0.4, -0.2) is 47.0 Å². The van der Waals surface area contributed by atoms with Crippen LogP contribution < -0.4 is 11.1 Å². The predicted octanol–water partition coefficient (Wildman–Crippen LogP) is 2.37. The zero-order valence-corrected chi connectivity index (χ0v) is 18.8. The van der Waals surface area contributed by atoms with Crippen LogP contribution in [-0.2, 0) is 27.2 Å². The highest BCUT2D eigenvalue weighted by Crippen LogP contribution is 2.09. The molecule has 0 heterocycles. The number of rotatable bonds is 12. The molecule has 0 aromatic heterocycles. The quantitative estimate of drug-likeness (QED) is 0.349. The van der Waals surface area contributed by atoms with Crippen LogP contribution >= 0.6 is 12.6 Å². The van der Waals surface area contributed by atoms with Crippen LogP contribution in [0.3, 0.4) is 0 Å². The number of carbonyl (C=O) groups is 3. The number of primary amides is 1. The van der Waals surface area contributed by atoms with E-state index in [2.05, 4.69) is 17.9 Å². The number of thiol groups is 1. The highest BCUT2D eigenvalue weighted by molar-refractivity contribution is 7.81. The molecular formula is C24H31N3O3S. The van der Waals surface area contributed by atoms with Crippen LogP contribution in [0.5, 0.6) is 0 Å². The van der Waals surface area contributed by atoms with Gasteiger partial charge in [-0.15, -0.1) is 0 Å². The maximum absolute atomic E-state index is 13.2. The van der Waals surface area contributed by atoms with Gasteiger partial charge in [0.05, 0.1) is 5.25 Å². The lowest BCUT2D eigenvalue weighted by molar-refractivity contribution is -0.141. The SMILES string of the molecule is CCCC(S)C(=O)NC(C(N)=O)C(=O)N(CCc1ccccc1)CCc1ccccc1. The number of benzene rings is 2. The molecule has 0 saturated carbocycles. The summed E-state index contributed by atoms with van der Waals surface area (Å²) in [6.07, 6.45) is 2.56. The zero-order chi connectivity index (χ0) is 22.6. The van der Waals surface area contributed by atoms with Gasteiger partial charge in [-0.3, -0.25) is 14.4 Å². The summed E-state index contributed by atoms with van der Waals surface area (Å²) in [6, 6.07) is 18.2. The Bertz CT molecular complexity index is 802. The third-order valence-electron chi connectivity index (χ3n) is 5.02. The van der Waals surface area contributed by atoms with Crippen molar-refractivity contribution in [2.24, 2.45) is 5.73 Å². The Morgan fingerprint density at radius 3 is 1.84 bits per heavy atom. The molecule has 0 bridgehead atoms. The minimum Gasteiger partial charge on any atom is -0.367 e. The van der Waals surface area contributed by atoms with Crippen molar-refractivity contribution in [3.63, 3.8) is 0 Å². The van der Waals surface area contributed by atoms with E-state index < -0.39 is 29.0 Å². The molecule has 166 valence electrons. The molecule has 3 amide bonds. The highest BCUT2D eigenvalue weighted by Gasteiger charge is 2.31. The van der Waals surface area contributed by atoms with Crippen molar-refractivity contribution in [3.05, 3.63) is 71.8 Å². The first kappa shape index (κ1) is 24.5. The second-order valence-corrected chi connectivity index (χ2v) is 8.07. The highest BCUT2D eigenvalue weighted by atomic mass is 32.1. The maximum atomic E-state index is 13.2. The first-order chi connectivity index (χ1) is 14.9. The Balaban J connectivity index is 2.14. The Hall–Kier alpha value is -2.80. The number of carbonyl (C=O) groups excluding carboxylic acids is 3. The van der Waals surface area contributed by atoms with E-state index in [9.17, 15) is 14.4 Å².